The van der Waals surface area contributed by atoms with Crippen LogP contribution in [0.5, 0.6) is 0 Å². The molecule has 0 aliphatic heterocycles. The van der Waals surface area contributed by atoms with Gasteiger partial charge in [0.1, 0.15) is 0 Å². The zero-order chi connectivity index (χ0) is 18.3. The standard InChI is InChI=1S/C19H22N2O3S2/c1-12-6-8-14(9-7-12)26(23,24)11-13-10-25-19(20-13)21-18(22)17-15-4-2-3-5-16(15)17/h6-10,15-17H,2-5,11H2,1H3,(H,20,21,22)/t15-,16-/m1/s1. The smallest absolute Gasteiger partial charge is 0.229 e. The van der Waals surface area contributed by atoms with Crippen molar-refractivity contribution in [2.75, 3.05) is 5.32 Å². The molecule has 26 heavy (non-hydrogen) atoms. The first-order valence-corrected chi connectivity index (χ1v) is 11.5. The molecule has 2 saturated carbocycles. The Balaban J connectivity index is 1.40. The van der Waals surface area contributed by atoms with E-state index in [4.69, 9.17) is 0 Å². The Hall–Kier alpha value is -1.73. The lowest BCUT2D eigenvalue weighted by molar-refractivity contribution is -0.117. The fourth-order valence-corrected chi connectivity index (χ4v) is 6.10. The van der Waals surface area contributed by atoms with Gasteiger partial charge in [-0.1, -0.05) is 30.5 Å². The Bertz CT molecular complexity index is 907. The normalized spacial score (nSPS) is 24.7. The average molecular weight is 391 g/mol. The van der Waals surface area contributed by atoms with Crippen molar-refractivity contribution in [2.45, 2.75) is 43.3 Å². The van der Waals surface area contributed by atoms with Crippen molar-refractivity contribution in [2.24, 2.45) is 17.8 Å². The minimum atomic E-state index is -3.43. The summed E-state index contributed by atoms with van der Waals surface area (Å²) >= 11 is 1.29. The first-order valence-electron chi connectivity index (χ1n) is 8.99. The molecule has 1 N–H and O–H groups in total. The molecule has 0 bridgehead atoms. The summed E-state index contributed by atoms with van der Waals surface area (Å²) in [6.45, 7) is 1.92. The van der Waals surface area contributed by atoms with Crippen LogP contribution in [-0.4, -0.2) is 19.3 Å². The number of thiazole rings is 1. The number of hydrogen-bond donors (Lipinski definition) is 1. The minimum absolute atomic E-state index is 0.0455. The van der Waals surface area contributed by atoms with Gasteiger partial charge in [0.15, 0.2) is 15.0 Å². The summed E-state index contributed by atoms with van der Waals surface area (Å²) in [7, 11) is -3.43. The van der Waals surface area contributed by atoms with Gasteiger partial charge in [-0.15, -0.1) is 11.3 Å². The molecular formula is C19H22N2O3S2. The lowest BCUT2D eigenvalue weighted by Crippen LogP contribution is -2.15. The number of nitrogens with one attached hydrogen (secondary N) is 1. The van der Waals surface area contributed by atoms with E-state index in [0.717, 1.165) is 18.4 Å². The maximum absolute atomic E-state index is 12.5. The fourth-order valence-electron chi connectivity index (χ4n) is 4.02. The highest BCUT2D eigenvalue weighted by Gasteiger charge is 2.54. The summed E-state index contributed by atoms with van der Waals surface area (Å²) in [6.07, 6.45) is 4.76. The van der Waals surface area contributed by atoms with E-state index >= 15 is 0 Å². The summed E-state index contributed by atoms with van der Waals surface area (Å²) in [5.74, 6) is 1.11. The van der Waals surface area contributed by atoms with Gasteiger partial charge in [0.05, 0.1) is 16.3 Å². The van der Waals surface area contributed by atoms with E-state index < -0.39 is 9.84 Å². The van der Waals surface area contributed by atoms with Gasteiger partial charge >= 0.3 is 0 Å². The number of carbonyl (C=O) groups is 1. The van der Waals surface area contributed by atoms with Gasteiger partial charge < -0.3 is 5.32 Å². The lowest BCUT2D eigenvalue weighted by atomic mass is 10.0. The minimum Gasteiger partial charge on any atom is -0.302 e. The number of sulfone groups is 1. The van der Waals surface area contributed by atoms with Crippen molar-refractivity contribution in [3.05, 3.63) is 40.9 Å². The molecule has 4 rings (SSSR count). The highest BCUT2D eigenvalue weighted by Crippen LogP contribution is 2.55. The number of nitrogens with zero attached hydrogens (tertiary/aromatic N) is 1. The molecule has 1 aromatic heterocycles. The highest BCUT2D eigenvalue weighted by atomic mass is 32.2. The zero-order valence-electron chi connectivity index (χ0n) is 14.6. The van der Waals surface area contributed by atoms with Crippen molar-refractivity contribution in [1.29, 1.82) is 0 Å². The molecule has 2 aliphatic carbocycles. The van der Waals surface area contributed by atoms with Crippen LogP contribution in [0.2, 0.25) is 0 Å². The number of carbonyl (C=O) groups excluding carboxylic acids is 1. The Morgan fingerprint density at radius 3 is 2.50 bits per heavy atom. The van der Waals surface area contributed by atoms with Crippen molar-refractivity contribution in [3.63, 3.8) is 0 Å². The molecule has 7 heteroatoms. The summed E-state index contributed by atoms with van der Waals surface area (Å²) < 4.78 is 25.0. The predicted octanol–water partition coefficient (Wildman–Crippen LogP) is 3.80. The van der Waals surface area contributed by atoms with Gasteiger partial charge in [0.25, 0.3) is 0 Å². The second-order valence-corrected chi connectivity index (χ2v) is 10.2. The van der Waals surface area contributed by atoms with E-state index in [9.17, 15) is 13.2 Å². The number of hydrogen-bond acceptors (Lipinski definition) is 5. The molecule has 0 radical (unpaired) electrons. The van der Waals surface area contributed by atoms with Gasteiger partial charge in [0.2, 0.25) is 5.91 Å². The molecule has 2 aromatic rings. The average Bonchev–Trinajstić information content (AvgIpc) is 3.20. The van der Waals surface area contributed by atoms with Crippen LogP contribution in [0, 0.1) is 24.7 Å². The Morgan fingerprint density at radius 2 is 1.85 bits per heavy atom. The molecule has 0 saturated heterocycles. The molecule has 1 aromatic carbocycles. The monoisotopic (exact) mass is 390 g/mol. The number of benzene rings is 1. The van der Waals surface area contributed by atoms with Crippen LogP contribution in [-0.2, 0) is 20.4 Å². The maximum atomic E-state index is 12.5. The number of anilines is 1. The summed E-state index contributed by atoms with van der Waals surface area (Å²) in [5.41, 5.74) is 1.49. The van der Waals surface area contributed by atoms with Crippen LogP contribution in [0.4, 0.5) is 5.13 Å². The third-order valence-electron chi connectivity index (χ3n) is 5.46. The van der Waals surface area contributed by atoms with Crippen LogP contribution in [0.1, 0.15) is 36.9 Å². The number of rotatable bonds is 5. The molecule has 138 valence electrons. The SMILES string of the molecule is Cc1ccc(S(=O)(=O)Cc2csc(NC(=O)C3[C@@H]4CCCC[C@@H]34)n2)cc1. The molecule has 2 atom stereocenters. The Labute approximate surface area is 157 Å². The van der Waals surface area contributed by atoms with E-state index in [1.54, 1.807) is 29.6 Å². The molecule has 1 amide bonds. The van der Waals surface area contributed by atoms with Gasteiger partial charge in [-0.2, -0.15) is 0 Å². The molecule has 0 spiro atoms. The summed E-state index contributed by atoms with van der Waals surface area (Å²) in [6, 6.07) is 6.81. The van der Waals surface area contributed by atoms with Crippen molar-refractivity contribution in [1.82, 2.24) is 4.98 Å². The van der Waals surface area contributed by atoms with Gasteiger partial charge in [-0.05, 0) is 43.7 Å². The van der Waals surface area contributed by atoms with Crippen LogP contribution in [0.15, 0.2) is 34.5 Å². The third kappa shape index (κ3) is 3.55. The molecule has 2 fully saturated rings. The fraction of sp³-hybridized carbons (Fsp3) is 0.474. The number of aryl methyl sites for hydroxylation is 1. The van der Waals surface area contributed by atoms with Crippen molar-refractivity contribution >= 4 is 32.2 Å². The van der Waals surface area contributed by atoms with Crippen LogP contribution in [0.25, 0.3) is 0 Å². The van der Waals surface area contributed by atoms with Crippen LogP contribution < -0.4 is 5.32 Å². The number of amides is 1. The molecule has 5 nitrogen and oxygen atoms in total. The van der Waals surface area contributed by atoms with Gasteiger partial charge in [0, 0.05) is 11.3 Å². The number of fused-ring (bicyclic) bond motifs is 1. The van der Waals surface area contributed by atoms with Crippen molar-refractivity contribution < 1.29 is 13.2 Å². The third-order valence-corrected chi connectivity index (χ3v) is 7.93. The van der Waals surface area contributed by atoms with Gasteiger partial charge in [-0.25, -0.2) is 13.4 Å². The maximum Gasteiger partial charge on any atom is 0.229 e. The van der Waals surface area contributed by atoms with E-state index in [1.807, 2.05) is 6.92 Å². The first-order chi connectivity index (χ1) is 12.4. The van der Waals surface area contributed by atoms with E-state index in [1.165, 1.54) is 24.2 Å². The largest absolute Gasteiger partial charge is 0.302 e. The van der Waals surface area contributed by atoms with E-state index in [2.05, 4.69) is 10.3 Å². The van der Waals surface area contributed by atoms with Gasteiger partial charge in [-0.3, -0.25) is 4.79 Å². The van der Waals surface area contributed by atoms with Crippen molar-refractivity contribution in [3.8, 4) is 0 Å². The highest BCUT2D eigenvalue weighted by molar-refractivity contribution is 7.90. The van der Waals surface area contributed by atoms with Crippen LogP contribution in [0.3, 0.4) is 0 Å². The van der Waals surface area contributed by atoms with E-state index in [0.29, 0.717) is 27.6 Å². The molecular weight excluding hydrogens is 368 g/mol. The Morgan fingerprint density at radius 1 is 1.19 bits per heavy atom. The number of aromatic nitrogens is 1. The van der Waals surface area contributed by atoms with E-state index in [-0.39, 0.29) is 17.6 Å². The topological polar surface area (TPSA) is 76.1 Å². The van der Waals surface area contributed by atoms with Crippen LogP contribution >= 0.6 is 11.3 Å². The second kappa shape index (κ2) is 6.78. The predicted molar refractivity (Wildman–Crippen MR) is 102 cm³/mol. The lowest BCUT2D eigenvalue weighted by Gasteiger charge is -2.04. The molecule has 0 unspecified atom stereocenters. The zero-order valence-corrected chi connectivity index (χ0v) is 16.3. The summed E-state index contributed by atoms with van der Waals surface area (Å²) in [5, 5.41) is 5.09. The quantitative estimate of drug-likeness (QED) is 0.842. The second-order valence-electron chi connectivity index (χ2n) is 7.34. The first kappa shape index (κ1) is 17.7. The Kier molecular flexibility index (Phi) is 4.61. The summed E-state index contributed by atoms with van der Waals surface area (Å²) in [4.78, 5) is 17.0. The molecule has 1 heterocycles. The molecule has 2 aliphatic rings.